The molecule has 4 heterocycles. The van der Waals surface area contributed by atoms with Crippen molar-refractivity contribution in [2.75, 3.05) is 0 Å². The van der Waals surface area contributed by atoms with Gasteiger partial charge >= 0.3 is 0 Å². The molecule has 0 unspecified atom stereocenters. The molecule has 0 spiro atoms. The average molecular weight is 432 g/mol. The smallest absolute Gasteiger partial charge is 0.221 e. The van der Waals surface area contributed by atoms with Crippen LogP contribution in [0.1, 0.15) is 0 Å². The van der Waals surface area contributed by atoms with Crippen molar-refractivity contribution in [2.24, 2.45) is 0 Å². The minimum Gasteiger partial charge on any atom is -0.421 e. The number of hydrogen-bond acceptors (Lipinski definition) is 5. The molecule has 32 heavy (non-hydrogen) atoms. The highest BCUT2D eigenvalue weighted by Gasteiger charge is 2.12. The van der Waals surface area contributed by atoms with Crippen molar-refractivity contribution in [3.8, 4) is 34.3 Å². The average Bonchev–Trinajstić information content (AvgIpc) is 3.24. The fourth-order valence-corrected chi connectivity index (χ4v) is 5.02. The van der Waals surface area contributed by atoms with Crippen LogP contribution in [0.4, 0.5) is 0 Å². The fraction of sp³-hybridized carbons (Fsp3) is 0. The zero-order valence-electron chi connectivity index (χ0n) is 17.0. The summed E-state index contributed by atoms with van der Waals surface area (Å²) in [4.78, 5) is 13.7. The molecular weight excluding hydrogens is 414 g/mol. The van der Waals surface area contributed by atoms with Gasteiger partial charge in [0.25, 0.3) is 0 Å². The first-order valence-electron chi connectivity index (χ1n) is 10.3. The van der Waals surface area contributed by atoms with Crippen LogP contribution in [-0.2, 0) is 0 Å². The number of rotatable bonds is 4. The third kappa shape index (κ3) is 3.39. The lowest BCUT2D eigenvalue weighted by atomic mass is 10.1. The minimum atomic E-state index is 0.514. The summed E-state index contributed by atoms with van der Waals surface area (Å²) < 4.78 is 8.41. The Morgan fingerprint density at radius 2 is 1.38 bits per heavy atom. The van der Waals surface area contributed by atoms with Crippen LogP contribution in [0, 0.1) is 0 Å². The summed E-state index contributed by atoms with van der Waals surface area (Å²) in [7, 11) is 0. The van der Waals surface area contributed by atoms with Crippen LogP contribution in [0.25, 0.3) is 42.7 Å². The molecule has 4 nitrogen and oxygen atoms in total. The molecule has 4 aromatic heterocycles. The fourth-order valence-electron chi connectivity index (χ4n) is 3.82. The maximum atomic E-state index is 6.04. The normalized spacial score (nSPS) is 11.1. The standard InChI is InChI=1S/C27H17N3OS/c1-2-7-18(8-3-1)22-11-5-13-25(29-22)31-26-14-6-12-23(30-26)21-10-4-9-20-19-15-16-28-17-24(19)32-27(20)21/h1-17H. The Hall–Kier alpha value is -4.09. The van der Waals surface area contributed by atoms with Crippen LogP contribution < -0.4 is 4.74 Å². The van der Waals surface area contributed by atoms with Crippen molar-refractivity contribution in [1.82, 2.24) is 15.0 Å². The molecule has 0 saturated heterocycles. The number of hydrogen-bond donors (Lipinski definition) is 0. The number of benzene rings is 2. The van der Waals surface area contributed by atoms with Gasteiger partial charge in [0.2, 0.25) is 11.8 Å². The van der Waals surface area contributed by atoms with Gasteiger partial charge in [-0.1, -0.05) is 60.7 Å². The van der Waals surface area contributed by atoms with E-state index in [-0.39, 0.29) is 0 Å². The maximum Gasteiger partial charge on any atom is 0.221 e. The van der Waals surface area contributed by atoms with E-state index in [9.17, 15) is 0 Å². The highest BCUT2D eigenvalue weighted by atomic mass is 32.1. The predicted octanol–water partition coefficient (Wildman–Crippen LogP) is 7.37. The van der Waals surface area contributed by atoms with E-state index in [4.69, 9.17) is 9.72 Å². The van der Waals surface area contributed by atoms with Crippen LogP contribution in [0.2, 0.25) is 0 Å². The molecular formula is C27H17N3OS. The van der Waals surface area contributed by atoms with Gasteiger partial charge in [-0.2, -0.15) is 0 Å². The molecule has 0 saturated carbocycles. The van der Waals surface area contributed by atoms with E-state index >= 15 is 0 Å². The molecule has 0 atom stereocenters. The predicted molar refractivity (Wildman–Crippen MR) is 130 cm³/mol. The third-order valence-corrected chi connectivity index (χ3v) is 6.49. The highest BCUT2D eigenvalue weighted by Crippen LogP contribution is 2.39. The van der Waals surface area contributed by atoms with Gasteiger partial charge < -0.3 is 4.74 Å². The molecule has 6 aromatic rings. The summed E-state index contributed by atoms with van der Waals surface area (Å²) in [6, 6.07) is 30.1. The van der Waals surface area contributed by atoms with Crippen LogP contribution >= 0.6 is 11.3 Å². The topological polar surface area (TPSA) is 47.9 Å². The van der Waals surface area contributed by atoms with E-state index < -0.39 is 0 Å². The van der Waals surface area contributed by atoms with Crippen molar-refractivity contribution in [2.45, 2.75) is 0 Å². The summed E-state index contributed by atoms with van der Waals surface area (Å²) >= 11 is 1.74. The first-order valence-corrected chi connectivity index (χ1v) is 11.1. The second-order valence-electron chi connectivity index (χ2n) is 7.35. The minimum absolute atomic E-state index is 0.514. The van der Waals surface area contributed by atoms with E-state index in [1.807, 2.05) is 79.1 Å². The lowest BCUT2D eigenvalue weighted by molar-refractivity contribution is 0.446. The Bertz CT molecular complexity index is 1560. The molecule has 0 N–H and O–H groups in total. The molecule has 0 bridgehead atoms. The van der Waals surface area contributed by atoms with Gasteiger partial charge in [-0.25, -0.2) is 9.97 Å². The Morgan fingerprint density at radius 3 is 2.22 bits per heavy atom. The molecule has 2 aromatic carbocycles. The van der Waals surface area contributed by atoms with Crippen LogP contribution in [-0.4, -0.2) is 15.0 Å². The monoisotopic (exact) mass is 431 g/mol. The summed E-state index contributed by atoms with van der Waals surface area (Å²) in [5.41, 5.74) is 3.86. The van der Waals surface area contributed by atoms with Gasteiger partial charge in [0.15, 0.2) is 0 Å². The van der Waals surface area contributed by atoms with Gasteiger partial charge in [0.1, 0.15) is 0 Å². The molecule has 6 rings (SSSR count). The van der Waals surface area contributed by atoms with Crippen molar-refractivity contribution < 1.29 is 4.74 Å². The summed E-state index contributed by atoms with van der Waals surface area (Å²) in [5, 5.41) is 2.44. The van der Waals surface area contributed by atoms with Gasteiger partial charge in [-0.15, -0.1) is 11.3 Å². The first-order chi connectivity index (χ1) is 15.8. The summed E-state index contributed by atoms with van der Waals surface area (Å²) in [6.45, 7) is 0. The van der Waals surface area contributed by atoms with Gasteiger partial charge in [-0.05, 0) is 18.2 Å². The van der Waals surface area contributed by atoms with E-state index in [1.54, 1.807) is 11.3 Å². The second kappa shape index (κ2) is 7.87. The largest absolute Gasteiger partial charge is 0.421 e. The van der Waals surface area contributed by atoms with Crippen LogP contribution in [0.3, 0.4) is 0 Å². The van der Waals surface area contributed by atoms with Gasteiger partial charge in [0, 0.05) is 51.1 Å². The lowest BCUT2D eigenvalue weighted by Crippen LogP contribution is -1.93. The second-order valence-corrected chi connectivity index (χ2v) is 8.40. The Morgan fingerprint density at radius 1 is 0.625 bits per heavy atom. The maximum absolute atomic E-state index is 6.04. The Kier molecular flexibility index (Phi) is 4.59. The van der Waals surface area contributed by atoms with Crippen molar-refractivity contribution in [3.63, 3.8) is 0 Å². The summed E-state index contributed by atoms with van der Waals surface area (Å²) in [5.74, 6) is 1.03. The van der Waals surface area contributed by atoms with Crippen LogP contribution in [0.5, 0.6) is 11.8 Å². The van der Waals surface area contributed by atoms with Crippen LogP contribution in [0.15, 0.2) is 103 Å². The number of pyridine rings is 3. The van der Waals surface area contributed by atoms with Gasteiger partial charge in [-0.3, -0.25) is 4.98 Å². The number of aromatic nitrogens is 3. The van der Waals surface area contributed by atoms with Gasteiger partial charge in [0.05, 0.1) is 16.1 Å². The van der Waals surface area contributed by atoms with Crippen molar-refractivity contribution >= 4 is 31.5 Å². The van der Waals surface area contributed by atoms with E-state index in [1.165, 1.54) is 20.2 Å². The Balaban J connectivity index is 1.37. The molecule has 0 amide bonds. The molecule has 152 valence electrons. The first kappa shape index (κ1) is 18.7. The highest BCUT2D eigenvalue weighted by molar-refractivity contribution is 7.26. The Labute approximate surface area is 188 Å². The lowest BCUT2D eigenvalue weighted by Gasteiger charge is -2.08. The SMILES string of the molecule is c1ccc(-c2cccc(Oc3cccc(-c4cccc5c4sc4cnccc45)n3)n2)cc1. The molecule has 0 aliphatic rings. The molecule has 5 heteroatoms. The molecule has 0 aliphatic carbocycles. The molecule has 0 aliphatic heterocycles. The zero-order chi connectivity index (χ0) is 21.3. The number of nitrogens with zero attached hydrogens (tertiary/aromatic N) is 3. The molecule has 0 radical (unpaired) electrons. The molecule has 0 fully saturated rings. The number of thiophene rings is 1. The quantitative estimate of drug-likeness (QED) is 0.292. The van der Waals surface area contributed by atoms with Crippen molar-refractivity contribution in [1.29, 1.82) is 0 Å². The third-order valence-electron chi connectivity index (χ3n) is 5.30. The summed E-state index contributed by atoms with van der Waals surface area (Å²) in [6.07, 6.45) is 3.76. The van der Waals surface area contributed by atoms with E-state index in [0.29, 0.717) is 11.8 Å². The number of fused-ring (bicyclic) bond motifs is 3. The van der Waals surface area contributed by atoms with E-state index in [2.05, 4.69) is 34.2 Å². The van der Waals surface area contributed by atoms with Crippen molar-refractivity contribution in [3.05, 3.63) is 103 Å². The van der Waals surface area contributed by atoms with E-state index in [0.717, 1.165) is 22.5 Å². The number of ether oxygens (including phenoxy) is 1. The zero-order valence-corrected chi connectivity index (χ0v) is 17.8.